The molecule has 0 aromatic rings. The van der Waals surface area contributed by atoms with Crippen LogP contribution in [-0.4, -0.2) is 66.2 Å². The number of hydrogen-bond acceptors (Lipinski definition) is 6. The Morgan fingerprint density at radius 2 is 2.10 bits per heavy atom. The Labute approximate surface area is 169 Å². The van der Waals surface area contributed by atoms with Crippen LogP contribution in [0.5, 0.6) is 0 Å². The van der Waals surface area contributed by atoms with Crippen molar-refractivity contribution in [2.45, 2.75) is 56.8 Å². The summed E-state index contributed by atoms with van der Waals surface area (Å²) >= 11 is 0. The largest absolute Gasteiger partial charge is 0.481 e. The van der Waals surface area contributed by atoms with Gasteiger partial charge < -0.3 is 15.2 Å². The number of azide groups is 1. The average Bonchev–Trinajstić information content (AvgIpc) is 3.13. The zero-order valence-corrected chi connectivity index (χ0v) is 17.3. The standard InChI is InChI=1S/C16H26N6O6S/c1-5-6-10-8-22(9-16(10,13(23)24)20-21-17)29(26,27)19-12-7-11(12)18-14(25)28-15(2,3)4/h5,10-12,19H,1,6-9H2,2-4H3,(H,18,25)(H,23,24)/t10-,11+,12+,16-/m0/s1. The number of hydrogen-bond donors (Lipinski definition) is 3. The maximum atomic E-state index is 12.7. The highest BCUT2D eigenvalue weighted by Crippen LogP contribution is 2.36. The summed E-state index contributed by atoms with van der Waals surface area (Å²) < 4.78 is 34.0. The summed E-state index contributed by atoms with van der Waals surface area (Å²) in [6.07, 6.45) is 1.36. The van der Waals surface area contributed by atoms with Crippen LogP contribution in [-0.2, 0) is 19.7 Å². The van der Waals surface area contributed by atoms with Crippen LogP contribution < -0.4 is 10.0 Å². The van der Waals surface area contributed by atoms with Gasteiger partial charge in [-0.2, -0.15) is 17.4 Å². The van der Waals surface area contributed by atoms with Gasteiger partial charge in [-0.25, -0.2) is 4.79 Å². The van der Waals surface area contributed by atoms with Gasteiger partial charge in [0, 0.05) is 24.0 Å². The van der Waals surface area contributed by atoms with Gasteiger partial charge in [-0.15, -0.1) is 6.58 Å². The third kappa shape index (κ3) is 5.38. The number of rotatable bonds is 8. The van der Waals surface area contributed by atoms with Crippen LogP contribution in [0.25, 0.3) is 10.4 Å². The molecule has 0 spiro atoms. The highest BCUT2D eigenvalue weighted by Gasteiger charge is 2.55. The number of alkyl carbamates (subject to hydrolysis) is 1. The van der Waals surface area contributed by atoms with Gasteiger partial charge in [0.15, 0.2) is 5.54 Å². The van der Waals surface area contributed by atoms with Gasteiger partial charge in [0.25, 0.3) is 10.2 Å². The second-order valence-electron chi connectivity index (χ2n) is 8.15. The molecule has 0 bridgehead atoms. The highest BCUT2D eigenvalue weighted by molar-refractivity contribution is 7.87. The van der Waals surface area contributed by atoms with Gasteiger partial charge in [0.05, 0.1) is 6.04 Å². The summed E-state index contributed by atoms with van der Waals surface area (Å²) in [4.78, 5) is 26.2. The van der Waals surface area contributed by atoms with Crippen molar-refractivity contribution in [2.24, 2.45) is 11.0 Å². The third-order valence-electron chi connectivity index (χ3n) is 4.69. The van der Waals surface area contributed by atoms with E-state index < -0.39 is 58.0 Å². The van der Waals surface area contributed by atoms with Crippen molar-refractivity contribution in [2.75, 3.05) is 13.1 Å². The number of carboxylic acids is 1. The SMILES string of the molecule is C=CC[C@H]1CN(S(=O)(=O)N[C@@H]2C[C@H]2NC(=O)OC(C)(C)C)C[C@@]1(N=[N+]=[N-])C(=O)O. The predicted molar refractivity (Wildman–Crippen MR) is 103 cm³/mol. The molecule has 0 aromatic heterocycles. The van der Waals surface area contributed by atoms with Gasteiger partial charge >= 0.3 is 12.1 Å². The van der Waals surface area contributed by atoms with Gasteiger partial charge in [0.1, 0.15) is 5.60 Å². The summed E-state index contributed by atoms with van der Waals surface area (Å²) in [5.41, 5.74) is 6.22. The molecular weight excluding hydrogens is 404 g/mol. The Bertz CT molecular complexity index is 829. The molecule has 2 aliphatic rings. The second-order valence-corrected chi connectivity index (χ2v) is 9.85. The van der Waals surface area contributed by atoms with Crippen molar-refractivity contribution in [3.8, 4) is 0 Å². The number of carbonyl (C=O) groups excluding carboxylic acids is 1. The van der Waals surface area contributed by atoms with E-state index in [0.29, 0.717) is 6.42 Å². The fraction of sp³-hybridized carbons (Fsp3) is 0.750. The monoisotopic (exact) mass is 430 g/mol. The van der Waals surface area contributed by atoms with Crippen LogP contribution in [0, 0.1) is 5.92 Å². The molecule has 12 nitrogen and oxygen atoms in total. The van der Waals surface area contributed by atoms with Crippen LogP contribution in [0.4, 0.5) is 4.79 Å². The summed E-state index contributed by atoms with van der Waals surface area (Å²) in [5, 5.41) is 15.6. The Kier molecular flexibility index (Phi) is 6.48. The molecule has 1 saturated carbocycles. The molecule has 13 heteroatoms. The lowest BCUT2D eigenvalue weighted by Crippen LogP contribution is -2.47. The van der Waals surface area contributed by atoms with Gasteiger partial charge in [0.2, 0.25) is 0 Å². The van der Waals surface area contributed by atoms with E-state index in [4.69, 9.17) is 10.3 Å². The maximum Gasteiger partial charge on any atom is 0.407 e. The van der Waals surface area contributed by atoms with E-state index in [0.717, 1.165) is 4.31 Å². The lowest BCUT2D eigenvalue weighted by atomic mass is 9.85. The van der Waals surface area contributed by atoms with E-state index in [2.05, 4.69) is 26.6 Å². The van der Waals surface area contributed by atoms with Crippen LogP contribution >= 0.6 is 0 Å². The molecule has 4 atom stereocenters. The predicted octanol–water partition coefficient (Wildman–Crippen LogP) is 1.13. The van der Waals surface area contributed by atoms with E-state index in [1.165, 1.54) is 6.08 Å². The molecule has 1 saturated heterocycles. The van der Waals surface area contributed by atoms with E-state index in [1.807, 2.05) is 0 Å². The molecule has 2 fully saturated rings. The molecule has 1 heterocycles. The van der Waals surface area contributed by atoms with Crippen molar-refractivity contribution >= 4 is 22.3 Å². The fourth-order valence-electron chi connectivity index (χ4n) is 3.20. The molecule has 29 heavy (non-hydrogen) atoms. The third-order valence-corrected chi connectivity index (χ3v) is 6.25. The Balaban J connectivity index is 2.05. The quantitative estimate of drug-likeness (QED) is 0.225. The number of carbonyl (C=O) groups is 2. The van der Waals surface area contributed by atoms with Crippen LogP contribution in [0.3, 0.4) is 0 Å². The number of ether oxygens (including phenoxy) is 1. The van der Waals surface area contributed by atoms with E-state index in [9.17, 15) is 23.1 Å². The minimum Gasteiger partial charge on any atom is -0.481 e. The molecule has 162 valence electrons. The molecule has 1 aliphatic heterocycles. The van der Waals surface area contributed by atoms with Crippen molar-refractivity contribution < 1.29 is 27.9 Å². The lowest BCUT2D eigenvalue weighted by Gasteiger charge is -2.23. The number of carboxylic acid groups (broad SMARTS) is 1. The Hall–Kier alpha value is -2.34. The number of amides is 1. The molecule has 3 N–H and O–H groups in total. The van der Waals surface area contributed by atoms with Crippen molar-refractivity contribution in [3.05, 3.63) is 23.1 Å². The Morgan fingerprint density at radius 3 is 2.62 bits per heavy atom. The first kappa shape index (κ1) is 22.9. The van der Waals surface area contributed by atoms with Crippen LogP contribution in [0.15, 0.2) is 17.8 Å². The zero-order valence-electron chi connectivity index (χ0n) is 16.5. The van der Waals surface area contributed by atoms with E-state index in [-0.39, 0.29) is 13.0 Å². The molecule has 1 aliphatic carbocycles. The number of allylic oxidation sites excluding steroid dienone is 1. The summed E-state index contributed by atoms with van der Waals surface area (Å²) in [5.74, 6) is -2.14. The molecular formula is C16H26N6O6S. The summed E-state index contributed by atoms with van der Waals surface area (Å²) in [6.45, 7) is 8.07. The van der Waals surface area contributed by atoms with Gasteiger partial charge in [-0.1, -0.05) is 11.2 Å². The fourth-order valence-corrected chi connectivity index (χ4v) is 4.74. The minimum atomic E-state index is -4.06. The molecule has 0 unspecified atom stereocenters. The Morgan fingerprint density at radius 1 is 1.45 bits per heavy atom. The maximum absolute atomic E-state index is 12.7. The minimum absolute atomic E-state index is 0.135. The highest BCUT2D eigenvalue weighted by atomic mass is 32.2. The average molecular weight is 430 g/mol. The first-order valence-electron chi connectivity index (χ1n) is 9.02. The van der Waals surface area contributed by atoms with E-state index in [1.54, 1.807) is 20.8 Å². The number of nitrogens with zero attached hydrogens (tertiary/aromatic N) is 4. The smallest absolute Gasteiger partial charge is 0.407 e. The van der Waals surface area contributed by atoms with Gasteiger partial charge in [-0.05, 0) is 45.1 Å². The molecule has 0 radical (unpaired) electrons. The van der Waals surface area contributed by atoms with Crippen molar-refractivity contribution in [1.29, 1.82) is 0 Å². The van der Waals surface area contributed by atoms with Crippen LogP contribution in [0.2, 0.25) is 0 Å². The van der Waals surface area contributed by atoms with Crippen molar-refractivity contribution in [3.63, 3.8) is 0 Å². The first-order chi connectivity index (χ1) is 13.3. The number of nitrogens with one attached hydrogen (secondary N) is 2. The van der Waals surface area contributed by atoms with Crippen LogP contribution in [0.1, 0.15) is 33.6 Å². The van der Waals surface area contributed by atoms with Crippen molar-refractivity contribution in [1.82, 2.24) is 14.3 Å². The second kappa shape index (κ2) is 8.19. The normalized spacial score (nSPS) is 29.6. The topological polar surface area (TPSA) is 174 Å². The van der Waals surface area contributed by atoms with Gasteiger partial charge in [-0.3, -0.25) is 4.79 Å². The summed E-state index contributed by atoms with van der Waals surface area (Å²) in [7, 11) is -4.06. The first-order valence-corrected chi connectivity index (χ1v) is 10.5. The molecule has 1 amide bonds. The lowest BCUT2D eigenvalue weighted by molar-refractivity contribution is -0.144. The van der Waals surface area contributed by atoms with E-state index >= 15 is 0 Å². The zero-order chi connectivity index (χ0) is 22.0. The number of aliphatic carboxylic acids is 1. The summed E-state index contributed by atoms with van der Waals surface area (Å²) in [6, 6.07) is -0.961. The molecule has 2 rings (SSSR count). The molecule has 0 aromatic carbocycles.